The zero-order valence-electron chi connectivity index (χ0n) is 16.9. The number of carbonyl (C=O) groups excluding carboxylic acids is 2. The van der Waals surface area contributed by atoms with E-state index in [4.69, 9.17) is 0 Å². The number of rotatable bonds is 6. The fraction of sp³-hybridized carbons (Fsp3) is 0.231. The Bertz CT molecular complexity index is 1000. The van der Waals surface area contributed by atoms with Crippen LogP contribution in [0.1, 0.15) is 45.9 Å². The summed E-state index contributed by atoms with van der Waals surface area (Å²) in [5.41, 5.74) is 4.19. The predicted octanol–water partition coefficient (Wildman–Crippen LogP) is 4.22. The maximum atomic E-state index is 12.9. The van der Waals surface area contributed by atoms with Gasteiger partial charge in [-0.3, -0.25) is 9.59 Å². The zero-order valence-corrected chi connectivity index (χ0v) is 16.9. The predicted molar refractivity (Wildman–Crippen MR) is 118 cm³/mol. The number of fused-ring (bicyclic) bond motifs is 1. The maximum absolute atomic E-state index is 12.9. The van der Waals surface area contributed by atoms with Gasteiger partial charge in [-0.15, -0.1) is 0 Å². The van der Waals surface area contributed by atoms with Gasteiger partial charge in [0.2, 0.25) is 5.91 Å². The molecule has 0 saturated heterocycles. The van der Waals surface area contributed by atoms with Crippen LogP contribution in [-0.2, 0) is 17.6 Å². The molecule has 0 radical (unpaired) electrons. The van der Waals surface area contributed by atoms with E-state index in [9.17, 15) is 9.59 Å². The van der Waals surface area contributed by atoms with Gasteiger partial charge in [0.05, 0.1) is 12.5 Å². The Morgan fingerprint density at radius 3 is 2.20 bits per heavy atom. The van der Waals surface area contributed by atoms with Gasteiger partial charge < -0.3 is 10.6 Å². The minimum absolute atomic E-state index is 0.0402. The van der Waals surface area contributed by atoms with Crippen LogP contribution < -0.4 is 10.6 Å². The summed E-state index contributed by atoms with van der Waals surface area (Å²) in [6.45, 7) is 0. The van der Waals surface area contributed by atoms with E-state index in [0.29, 0.717) is 5.56 Å². The first-order chi connectivity index (χ1) is 14.7. The summed E-state index contributed by atoms with van der Waals surface area (Å²) in [6.07, 6.45) is 2.98. The number of aryl methyl sites for hydroxylation is 1. The van der Waals surface area contributed by atoms with Gasteiger partial charge in [-0.25, -0.2) is 0 Å². The SMILES string of the molecule is O=C(C[C@@H](NC(=O)c1ccccc1)c1ccccc1)N[C@@H]1CCc2ccccc2C1. The molecular weight excluding hydrogens is 372 g/mol. The standard InChI is InChI=1S/C26H26N2O2/c29-25(27-23-16-15-19-9-7-8-14-22(19)17-23)18-24(20-10-3-1-4-11-20)28-26(30)21-12-5-2-6-13-21/h1-14,23-24H,15-18H2,(H,27,29)(H,28,30)/t23-,24-/m1/s1. The third-order valence-corrected chi connectivity index (χ3v) is 5.64. The monoisotopic (exact) mass is 398 g/mol. The van der Waals surface area contributed by atoms with Gasteiger partial charge in [-0.2, -0.15) is 0 Å². The molecular formula is C26H26N2O2. The van der Waals surface area contributed by atoms with Crippen molar-refractivity contribution in [1.82, 2.24) is 10.6 Å². The van der Waals surface area contributed by atoms with Crippen molar-refractivity contribution in [3.8, 4) is 0 Å². The van der Waals surface area contributed by atoms with Crippen LogP contribution in [0.15, 0.2) is 84.9 Å². The smallest absolute Gasteiger partial charge is 0.251 e. The lowest BCUT2D eigenvalue weighted by atomic mass is 9.88. The Hall–Kier alpha value is -3.40. The molecule has 2 atom stereocenters. The molecule has 2 amide bonds. The highest BCUT2D eigenvalue weighted by molar-refractivity contribution is 5.94. The summed E-state index contributed by atoms with van der Waals surface area (Å²) < 4.78 is 0. The molecule has 0 bridgehead atoms. The van der Waals surface area contributed by atoms with Gasteiger partial charge in [0.1, 0.15) is 0 Å². The van der Waals surface area contributed by atoms with E-state index in [2.05, 4.69) is 28.8 Å². The van der Waals surface area contributed by atoms with Crippen LogP contribution in [0, 0.1) is 0 Å². The second kappa shape index (κ2) is 9.40. The lowest BCUT2D eigenvalue weighted by molar-refractivity contribution is -0.122. The molecule has 1 aliphatic carbocycles. The first-order valence-corrected chi connectivity index (χ1v) is 10.5. The highest BCUT2D eigenvalue weighted by Crippen LogP contribution is 2.22. The van der Waals surface area contributed by atoms with E-state index in [0.717, 1.165) is 24.8 Å². The highest BCUT2D eigenvalue weighted by atomic mass is 16.2. The fourth-order valence-electron chi connectivity index (χ4n) is 4.06. The van der Waals surface area contributed by atoms with Gasteiger partial charge in [0.25, 0.3) is 5.91 Å². The Labute approximate surface area is 177 Å². The number of amides is 2. The second-order valence-electron chi connectivity index (χ2n) is 7.78. The molecule has 0 heterocycles. The summed E-state index contributed by atoms with van der Waals surface area (Å²) in [5.74, 6) is -0.217. The van der Waals surface area contributed by atoms with Crippen molar-refractivity contribution in [2.24, 2.45) is 0 Å². The van der Waals surface area contributed by atoms with E-state index in [1.165, 1.54) is 11.1 Å². The summed E-state index contributed by atoms with van der Waals surface area (Å²) in [4.78, 5) is 25.6. The normalized spacial score (nSPS) is 16.2. The minimum atomic E-state index is -0.380. The second-order valence-corrected chi connectivity index (χ2v) is 7.78. The lowest BCUT2D eigenvalue weighted by Crippen LogP contribution is -2.41. The number of carbonyl (C=O) groups is 2. The van der Waals surface area contributed by atoms with E-state index in [1.807, 2.05) is 54.6 Å². The number of hydrogen-bond donors (Lipinski definition) is 2. The molecule has 4 heteroatoms. The van der Waals surface area contributed by atoms with Crippen LogP contribution in [-0.4, -0.2) is 17.9 Å². The van der Waals surface area contributed by atoms with Crippen molar-refractivity contribution in [2.75, 3.05) is 0 Å². The molecule has 4 rings (SSSR count). The molecule has 0 aliphatic heterocycles. The zero-order chi connectivity index (χ0) is 20.8. The Morgan fingerprint density at radius 2 is 1.47 bits per heavy atom. The van der Waals surface area contributed by atoms with E-state index < -0.39 is 0 Å². The first kappa shape index (κ1) is 19.9. The molecule has 0 fully saturated rings. The largest absolute Gasteiger partial charge is 0.353 e. The number of nitrogens with one attached hydrogen (secondary N) is 2. The molecule has 3 aromatic carbocycles. The summed E-state index contributed by atoms with van der Waals surface area (Å²) in [6, 6.07) is 26.9. The summed E-state index contributed by atoms with van der Waals surface area (Å²) in [7, 11) is 0. The van der Waals surface area contributed by atoms with Crippen molar-refractivity contribution in [3.63, 3.8) is 0 Å². The molecule has 1 aliphatic rings. The molecule has 0 saturated carbocycles. The van der Waals surface area contributed by atoms with E-state index in [1.54, 1.807) is 12.1 Å². The number of hydrogen-bond acceptors (Lipinski definition) is 2. The summed E-state index contributed by atoms with van der Waals surface area (Å²) >= 11 is 0. The molecule has 0 unspecified atom stereocenters. The third-order valence-electron chi connectivity index (χ3n) is 5.64. The molecule has 30 heavy (non-hydrogen) atoms. The van der Waals surface area contributed by atoms with Crippen molar-refractivity contribution in [1.29, 1.82) is 0 Å². The van der Waals surface area contributed by atoms with Gasteiger partial charge >= 0.3 is 0 Å². The van der Waals surface area contributed by atoms with Crippen LogP contribution in [0.4, 0.5) is 0 Å². The Morgan fingerprint density at radius 1 is 0.833 bits per heavy atom. The third kappa shape index (κ3) is 4.95. The average Bonchev–Trinajstić information content (AvgIpc) is 2.79. The fourth-order valence-corrected chi connectivity index (χ4v) is 4.06. The van der Waals surface area contributed by atoms with Crippen LogP contribution in [0.5, 0.6) is 0 Å². The molecule has 4 nitrogen and oxygen atoms in total. The van der Waals surface area contributed by atoms with Crippen molar-refractivity contribution in [3.05, 3.63) is 107 Å². The minimum Gasteiger partial charge on any atom is -0.353 e. The topological polar surface area (TPSA) is 58.2 Å². The van der Waals surface area contributed by atoms with Crippen molar-refractivity contribution in [2.45, 2.75) is 37.8 Å². The Kier molecular flexibility index (Phi) is 6.23. The molecule has 3 aromatic rings. The molecule has 0 spiro atoms. The quantitative estimate of drug-likeness (QED) is 0.653. The lowest BCUT2D eigenvalue weighted by Gasteiger charge is -2.26. The van der Waals surface area contributed by atoms with Gasteiger partial charge in [-0.1, -0.05) is 72.8 Å². The Balaban J connectivity index is 1.43. The van der Waals surface area contributed by atoms with Crippen molar-refractivity contribution < 1.29 is 9.59 Å². The number of benzene rings is 3. The highest BCUT2D eigenvalue weighted by Gasteiger charge is 2.23. The summed E-state index contributed by atoms with van der Waals surface area (Å²) in [5, 5.41) is 6.22. The van der Waals surface area contributed by atoms with Crippen LogP contribution in [0.3, 0.4) is 0 Å². The molecule has 152 valence electrons. The van der Waals surface area contributed by atoms with Crippen molar-refractivity contribution >= 4 is 11.8 Å². The van der Waals surface area contributed by atoms with Gasteiger partial charge in [-0.05, 0) is 48.1 Å². The van der Waals surface area contributed by atoms with Crippen LogP contribution in [0.2, 0.25) is 0 Å². The van der Waals surface area contributed by atoms with Gasteiger partial charge in [0.15, 0.2) is 0 Å². The molecule has 0 aromatic heterocycles. The van der Waals surface area contributed by atoms with Crippen LogP contribution >= 0.6 is 0 Å². The maximum Gasteiger partial charge on any atom is 0.251 e. The van der Waals surface area contributed by atoms with E-state index in [-0.39, 0.29) is 30.3 Å². The van der Waals surface area contributed by atoms with Crippen LogP contribution in [0.25, 0.3) is 0 Å². The average molecular weight is 399 g/mol. The van der Waals surface area contributed by atoms with E-state index >= 15 is 0 Å². The van der Waals surface area contributed by atoms with Gasteiger partial charge in [0, 0.05) is 11.6 Å². The first-order valence-electron chi connectivity index (χ1n) is 10.5. The molecule has 2 N–H and O–H groups in total.